The fraction of sp³-hybridized carbons (Fsp3) is 0.280. The van der Waals surface area contributed by atoms with Gasteiger partial charge in [0.05, 0.1) is 16.2 Å². The van der Waals surface area contributed by atoms with Gasteiger partial charge in [-0.2, -0.15) is 0 Å². The molecule has 6 nitrogen and oxygen atoms in total. The summed E-state index contributed by atoms with van der Waals surface area (Å²) >= 11 is 10.0. The third kappa shape index (κ3) is 5.11. The number of halogens is 1. The average molecular weight is 559 g/mol. The summed E-state index contributed by atoms with van der Waals surface area (Å²) in [5, 5.41) is 2.82. The van der Waals surface area contributed by atoms with E-state index in [1.807, 2.05) is 30.3 Å². The Morgan fingerprint density at radius 2 is 1.82 bits per heavy atom. The van der Waals surface area contributed by atoms with Crippen LogP contribution in [0.4, 0.5) is 11.4 Å². The molecular weight excluding hydrogens is 534 g/mol. The van der Waals surface area contributed by atoms with E-state index in [1.54, 1.807) is 23.1 Å². The molecule has 9 heteroatoms. The second kappa shape index (κ2) is 10.8. The molecule has 0 unspecified atom stereocenters. The molecule has 0 saturated carbocycles. The molecule has 1 N–H and O–H groups in total. The summed E-state index contributed by atoms with van der Waals surface area (Å²) in [6.45, 7) is 2.52. The number of hydrogen-bond donors (Lipinski definition) is 1. The van der Waals surface area contributed by atoms with Crippen LogP contribution in [-0.4, -0.2) is 40.0 Å². The number of unbranched alkanes of at least 4 members (excludes halogenated alkanes) is 3. The molecule has 1 fully saturated rings. The Kier molecular flexibility index (Phi) is 7.85. The molecule has 0 atom stereocenters. The zero-order chi connectivity index (χ0) is 24.2. The van der Waals surface area contributed by atoms with Crippen molar-refractivity contribution < 1.29 is 14.4 Å². The second-order valence-corrected chi connectivity index (χ2v) is 10.6. The van der Waals surface area contributed by atoms with Crippen molar-refractivity contribution in [2.45, 2.75) is 32.6 Å². The summed E-state index contributed by atoms with van der Waals surface area (Å²) in [5.74, 6) is -0.923. The molecule has 3 amide bonds. The van der Waals surface area contributed by atoms with Crippen molar-refractivity contribution in [2.24, 2.45) is 0 Å². The molecule has 1 saturated heterocycles. The van der Waals surface area contributed by atoms with E-state index in [2.05, 4.69) is 28.2 Å². The number of anilines is 2. The smallest absolute Gasteiger partial charge is 0.267 e. The van der Waals surface area contributed by atoms with E-state index < -0.39 is 0 Å². The molecule has 0 bridgehead atoms. The predicted molar refractivity (Wildman–Crippen MR) is 145 cm³/mol. The van der Waals surface area contributed by atoms with Gasteiger partial charge in [-0.15, -0.1) is 0 Å². The minimum Gasteiger partial charge on any atom is -0.324 e. The highest BCUT2D eigenvalue weighted by Gasteiger charge is 2.42. The largest absolute Gasteiger partial charge is 0.324 e. The quantitative estimate of drug-likeness (QED) is 0.260. The fourth-order valence-electron chi connectivity index (χ4n) is 4.01. The van der Waals surface area contributed by atoms with Gasteiger partial charge in [0.2, 0.25) is 5.91 Å². The second-order valence-electron chi connectivity index (χ2n) is 8.06. The number of thiocarbonyl (C=S) groups is 1. The molecule has 2 aromatic rings. The minimum atomic E-state index is -0.364. The summed E-state index contributed by atoms with van der Waals surface area (Å²) in [5.41, 5.74) is 2.21. The molecule has 34 heavy (non-hydrogen) atoms. The van der Waals surface area contributed by atoms with Gasteiger partial charge in [0, 0.05) is 22.3 Å². The lowest BCUT2D eigenvalue weighted by Crippen LogP contribution is -2.35. The van der Waals surface area contributed by atoms with Gasteiger partial charge >= 0.3 is 0 Å². The summed E-state index contributed by atoms with van der Waals surface area (Å²) in [7, 11) is 0. The van der Waals surface area contributed by atoms with Crippen LogP contribution in [0.2, 0.25) is 0 Å². The number of thioether (sulfide) groups is 1. The number of nitrogens with one attached hydrogen (secondary N) is 1. The maximum atomic E-state index is 13.5. The number of rotatable bonds is 8. The Bertz CT molecular complexity index is 1200. The van der Waals surface area contributed by atoms with Crippen LogP contribution in [0.3, 0.4) is 0 Å². The topological polar surface area (TPSA) is 69.7 Å². The van der Waals surface area contributed by atoms with Gasteiger partial charge < -0.3 is 5.32 Å². The number of amides is 3. The average Bonchev–Trinajstić information content (AvgIpc) is 3.24. The lowest BCUT2D eigenvalue weighted by molar-refractivity contribution is -0.122. The van der Waals surface area contributed by atoms with Crippen molar-refractivity contribution in [3.8, 4) is 0 Å². The summed E-state index contributed by atoms with van der Waals surface area (Å²) < 4.78 is 1.31. The Hall–Kier alpha value is -2.49. The SMILES string of the molecule is CCCCCCN1C(=O)/C(=C2/C(=O)N(CC(=O)Nc3cccc(Br)c3)c3ccccc32)SC1=S. The predicted octanol–water partition coefficient (Wildman–Crippen LogP) is 5.59. The number of para-hydroxylation sites is 1. The van der Waals surface area contributed by atoms with Crippen LogP contribution in [0, 0.1) is 0 Å². The van der Waals surface area contributed by atoms with Crippen LogP contribution in [0.15, 0.2) is 57.9 Å². The molecule has 2 aliphatic heterocycles. The van der Waals surface area contributed by atoms with Crippen LogP contribution in [0.1, 0.15) is 38.2 Å². The molecule has 0 spiro atoms. The molecule has 2 aliphatic rings. The lowest BCUT2D eigenvalue weighted by atomic mass is 10.1. The first kappa shape index (κ1) is 24.6. The normalized spacial score (nSPS) is 17.5. The van der Waals surface area contributed by atoms with Gasteiger partial charge in [-0.1, -0.05) is 90.4 Å². The zero-order valence-corrected chi connectivity index (χ0v) is 21.9. The first-order valence-electron chi connectivity index (χ1n) is 11.1. The highest BCUT2D eigenvalue weighted by molar-refractivity contribution is 9.10. The summed E-state index contributed by atoms with van der Waals surface area (Å²) in [6, 6.07) is 14.5. The van der Waals surface area contributed by atoms with E-state index in [1.165, 1.54) is 16.7 Å². The van der Waals surface area contributed by atoms with E-state index in [9.17, 15) is 14.4 Å². The van der Waals surface area contributed by atoms with Crippen molar-refractivity contribution in [1.82, 2.24) is 4.90 Å². The van der Waals surface area contributed by atoms with Gasteiger partial charge in [0.1, 0.15) is 10.9 Å². The third-order valence-electron chi connectivity index (χ3n) is 5.64. The van der Waals surface area contributed by atoms with Gasteiger partial charge in [-0.3, -0.25) is 24.2 Å². The van der Waals surface area contributed by atoms with E-state index in [0.29, 0.717) is 38.3 Å². The van der Waals surface area contributed by atoms with Gasteiger partial charge in [0.25, 0.3) is 11.8 Å². The molecule has 0 radical (unpaired) electrons. The highest BCUT2D eigenvalue weighted by Crippen LogP contribution is 2.44. The number of fused-ring (bicyclic) bond motifs is 1. The van der Waals surface area contributed by atoms with Gasteiger partial charge in [-0.25, -0.2) is 0 Å². The van der Waals surface area contributed by atoms with Crippen molar-refractivity contribution in [3.63, 3.8) is 0 Å². The molecule has 176 valence electrons. The first-order valence-corrected chi connectivity index (χ1v) is 13.2. The zero-order valence-electron chi connectivity index (χ0n) is 18.7. The van der Waals surface area contributed by atoms with Crippen LogP contribution in [0.5, 0.6) is 0 Å². The van der Waals surface area contributed by atoms with E-state index in [-0.39, 0.29) is 24.3 Å². The van der Waals surface area contributed by atoms with E-state index in [4.69, 9.17) is 12.2 Å². The standard InChI is InChI=1S/C25H24BrN3O3S2/c1-2-3-4-7-13-28-24(32)22(34-25(28)33)21-18-11-5-6-12-19(18)29(23(21)31)15-20(30)27-17-10-8-9-16(26)14-17/h5-6,8-12,14H,2-4,7,13,15H2,1H3,(H,27,30)/b22-21-. The van der Waals surface area contributed by atoms with Crippen molar-refractivity contribution in [3.05, 3.63) is 63.5 Å². The van der Waals surface area contributed by atoms with Crippen molar-refractivity contribution >= 4 is 78.9 Å². The molecule has 2 heterocycles. The number of nitrogens with zero attached hydrogens (tertiary/aromatic N) is 2. The molecular formula is C25H24BrN3O3S2. The van der Waals surface area contributed by atoms with Crippen molar-refractivity contribution in [2.75, 3.05) is 23.3 Å². The molecule has 0 aliphatic carbocycles. The van der Waals surface area contributed by atoms with E-state index in [0.717, 1.165) is 30.2 Å². The highest BCUT2D eigenvalue weighted by atomic mass is 79.9. The number of carbonyl (C=O) groups excluding carboxylic acids is 3. The first-order chi connectivity index (χ1) is 16.4. The monoisotopic (exact) mass is 557 g/mol. The number of carbonyl (C=O) groups is 3. The van der Waals surface area contributed by atoms with Crippen molar-refractivity contribution in [1.29, 1.82) is 0 Å². The Balaban J connectivity index is 1.57. The van der Waals surface area contributed by atoms with Gasteiger partial charge in [0.15, 0.2) is 0 Å². The molecule has 2 aromatic carbocycles. The van der Waals surface area contributed by atoms with Crippen LogP contribution in [-0.2, 0) is 14.4 Å². The van der Waals surface area contributed by atoms with Gasteiger partial charge in [-0.05, 0) is 30.7 Å². The number of hydrogen-bond acceptors (Lipinski definition) is 5. The maximum absolute atomic E-state index is 13.5. The summed E-state index contributed by atoms with van der Waals surface area (Å²) in [6.07, 6.45) is 4.12. The third-order valence-corrected chi connectivity index (χ3v) is 7.59. The Morgan fingerprint density at radius 1 is 1.03 bits per heavy atom. The minimum absolute atomic E-state index is 0.164. The Morgan fingerprint density at radius 3 is 2.59 bits per heavy atom. The maximum Gasteiger partial charge on any atom is 0.267 e. The fourth-order valence-corrected chi connectivity index (χ4v) is 5.79. The van der Waals surface area contributed by atoms with Crippen LogP contribution in [0.25, 0.3) is 5.57 Å². The van der Waals surface area contributed by atoms with E-state index >= 15 is 0 Å². The lowest BCUT2D eigenvalue weighted by Gasteiger charge is -2.17. The Labute approximate surface area is 216 Å². The van der Waals surface area contributed by atoms with Crippen LogP contribution >= 0.6 is 39.9 Å². The molecule has 4 rings (SSSR count). The molecule has 0 aromatic heterocycles. The summed E-state index contributed by atoms with van der Waals surface area (Å²) in [4.78, 5) is 42.9. The number of benzene rings is 2. The van der Waals surface area contributed by atoms with Crippen LogP contribution < -0.4 is 10.2 Å².